The lowest BCUT2D eigenvalue weighted by Gasteiger charge is -2.42. The van der Waals surface area contributed by atoms with Crippen LogP contribution in [0.4, 0.5) is 5.69 Å². The van der Waals surface area contributed by atoms with Crippen LogP contribution < -0.4 is 4.90 Å². The summed E-state index contributed by atoms with van der Waals surface area (Å²) in [7, 11) is -3.24. The Morgan fingerprint density at radius 1 is 1.18 bits per heavy atom. The van der Waals surface area contributed by atoms with E-state index in [1.54, 1.807) is 12.4 Å². The van der Waals surface area contributed by atoms with Crippen molar-refractivity contribution in [3.63, 3.8) is 0 Å². The largest absolute Gasteiger partial charge is 0.376 e. The molecule has 0 aromatic carbocycles. The molecule has 122 valence electrons. The molecule has 3 rings (SSSR count). The van der Waals surface area contributed by atoms with E-state index in [0.29, 0.717) is 46.0 Å². The fourth-order valence-electron chi connectivity index (χ4n) is 2.86. The molecule has 22 heavy (non-hydrogen) atoms. The molecule has 0 amide bonds. The van der Waals surface area contributed by atoms with Gasteiger partial charge in [-0.05, 0) is 0 Å². The molecule has 0 radical (unpaired) electrons. The Labute approximate surface area is 130 Å². The van der Waals surface area contributed by atoms with Crippen LogP contribution >= 0.6 is 0 Å². The molecule has 2 aliphatic heterocycles. The van der Waals surface area contributed by atoms with Gasteiger partial charge >= 0.3 is 0 Å². The average molecular weight is 328 g/mol. The molecule has 0 bridgehead atoms. The first-order valence-electron chi connectivity index (χ1n) is 7.15. The number of morpholine rings is 1. The zero-order chi connectivity index (χ0) is 15.6. The van der Waals surface area contributed by atoms with Gasteiger partial charge in [0, 0.05) is 19.6 Å². The van der Waals surface area contributed by atoms with Crippen molar-refractivity contribution in [2.24, 2.45) is 0 Å². The van der Waals surface area contributed by atoms with E-state index in [2.05, 4.69) is 14.9 Å². The summed E-state index contributed by atoms with van der Waals surface area (Å²) in [5, 5.41) is 0. The van der Waals surface area contributed by atoms with Crippen molar-refractivity contribution in [2.75, 3.05) is 57.2 Å². The highest BCUT2D eigenvalue weighted by molar-refractivity contribution is 7.88. The fourth-order valence-corrected chi connectivity index (χ4v) is 3.73. The Hall–Kier alpha value is -1.29. The van der Waals surface area contributed by atoms with Crippen LogP contribution in [0.3, 0.4) is 0 Å². The van der Waals surface area contributed by atoms with E-state index in [1.165, 1.54) is 16.9 Å². The van der Waals surface area contributed by atoms with E-state index in [-0.39, 0.29) is 0 Å². The highest BCUT2D eigenvalue weighted by Gasteiger charge is 2.42. The third-order valence-electron chi connectivity index (χ3n) is 3.94. The number of ether oxygens (including phenoxy) is 2. The van der Waals surface area contributed by atoms with Gasteiger partial charge in [-0.1, -0.05) is 0 Å². The quantitative estimate of drug-likeness (QED) is 0.713. The predicted molar refractivity (Wildman–Crippen MR) is 80.2 cm³/mol. The van der Waals surface area contributed by atoms with E-state index in [9.17, 15) is 8.42 Å². The predicted octanol–water partition coefficient (Wildman–Crippen LogP) is -0.656. The molecule has 1 spiro atoms. The lowest BCUT2D eigenvalue weighted by atomic mass is 10.0. The first kappa shape index (κ1) is 15.6. The second-order valence-corrected chi connectivity index (χ2v) is 7.68. The molecule has 1 aromatic rings. The Morgan fingerprint density at radius 2 is 1.95 bits per heavy atom. The smallest absolute Gasteiger partial charge is 0.211 e. The summed E-state index contributed by atoms with van der Waals surface area (Å²) < 4.78 is 36.8. The molecule has 1 unspecified atom stereocenters. The maximum absolute atomic E-state index is 11.8. The van der Waals surface area contributed by atoms with Crippen LogP contribution in [-0.4, -0.2) is 80.5 Å². The summed E-state index contributed by atoms with van der Waals surface area (Å²) in [6.45, 7) is 3.23. The molecule has 0 aliphatic carbocycles. The number of sulfonamides is 1. The van der Waals surface area contributed by atoms with Crippen molar-refractivity contribution < 1.29 is 17.9 Å². The van der Waals surface area contributed by atoms with Gasteiger partial charge < -0.3 is 14.4 Å². The van der Waals surface area contributed by atoms with Crippen LogP contribution in [0.25, 0.3) is 0 Å². The minimum Gasteiger partial charge on any atom is -0.376 e. The third kappa shape index (κ3) is 3.37. The topological polar surface area (TPSA) is 84.9 Å². The molecule has 2 saturated heterocycles. The molecule has 2 fully saturated rings. The number of aromatic nitrogens is 2. The summed E-state index contributed by atoms with van der Waals surface area (Å²) in [5.41, 5.74) is 0.223. The molecule has 0 saturated carbocycles. The van der Waals surface area contributed by atoms with Gasteiger partial charge in [0.05, 0.1) is 50.7 Å². The van der Waals surface area contributed by atoms with Gasteiger partial charge in [0.2, 0.25) is 10.0 Å². The molecule has 1 atom stereocenters. The Bertz CT molecular complexity index is 612. The van der Waals surface area contributed by atoms with Crippen LogP contribution in [0, 0.1) is 0 Å². The second kappa shape index (κ2) is 6.07. The molecular weight excluding hydrogens is 308 g/mol. The summed E-state index contributed by atoms with van der Waals surface area (Å²) in [4.78, 5) is 10.2. The molecule has 2 aliphatic rings. The summed E-state index contributed by atoms with van der Waals surface area (Å²) >= 11 is 0. The van der Waals surface area contributed by atoms with E-state index >= 15 is 0 Å². The van der Waals surface area contributed by atoms with Crippen molar-refractivity contribution in [1.29, 1.82) is 0 Å². The lowest BCUT2D eigenvalue weighted by Crippen LogP contribution is -2.59. The van der Waals surface area contributed by atoms with Gasteiger partial charge in [0.1, 0.15) is 11.9 Å². The van der Waals surface area contributed by atoms with Crippen LogP contribution in [0.1, 0.15) is 0 Å². The Balaban J connectivity index is 1.82. The van der Waals surface area contributed by atoms with Crippen LogP contribution in [0.5, 0.6) is 0 Å². The zero-order valence-electron chi connectivity index (χ0n) is 12.5. The van der Waals surface area contributed by atoms with Crippen LogP contribution in [0.2, 0.25) is 0 Å². The standard InChI is InChI=1S/C13H20N4O4S/c1-22(18,19)17-3-5-21-13(9-17)8-16(2-4-20-10-13)12-6-14-11-15-7-12/h6-7,11H,2-5,8-10H2,1H3. The number of nitrogens with zero attached hydrogens (tertiary/aromatic N) is 4. The normalized spacial score (nSPS) is 27.8. The van der Waals surface area contributed by atoms with E-state index in [4.69, 9.17) is 9.47 Å². The zero-order valence-corrected chi connectivity index (χ0v) is 13.3. The highest BCUT2D eigenvalue weighted by Crippen LogP contribution is 2.26. The van der Waals surface area contributed by atoms with Crippen molar-refractivity contribution in [1.82, 2.24) is 14.3 Å². The minimum atomic E-state index is -3.24. The maximum atomic E-state index is 11.8. The Morgan fingerprint density at radius 3 is 2.68 bits per heavy atom. The summed E-state index contributed by atoms with van der Waals surface area (Å²) in [6.07, 6.45) is 6.19. The third-order valence-corrected chi connectivity index (χ3v) is 5.19. The number of rotatable bonds is 2. The van der Waals surface area contributed by atoms with Crippen molar-refractivity contribution in [3.05, 3.63) is 18.7 Å². The van der Waals surface area contributed by atoms with Gasteiger partial charge in [0.25, 0.3) is 0 Å². The highest BCUT2D eigenvalue weighted by atomic mass is 32.2. The minimum absolute atomic E-state index is 0.302. The van der Waals surface area contributed by atoms with Crippen molar-refractivity contribution in [2.45, 2.75) is 5.60 Å². The Kier molecular flexibility index (Phi) is 4.31. The number of anilines is 1. The molecule has 0 N–H and O–H groups in total. The van der Waals surface area contributed by atoms with E-state index < -0.39 is 15.6 Å². The first-order valence-corrected chi connectivity index (χ1v) is 9.00. The van der Waals surface area contributed by atoms with Crippen molar-refractivity contribution in [3.8, 4) is 0 Å². The van der Waals surface area contributed by atoms with Crippen molar-refractivity contribution >= 4 is 15.7 Å². The molecule has 1 aromatic heterocycles. The van der Waals surface area contributed by atoms with Gasteiger partial charge in [-0.15, -0.1) is 0 Å². The first-order chi connectivity index (χ1) is 10.5. The molecule has 8 nitrogen and oxygen atoms in total. The summed E-state index contributed by atoms with van der Waals surface area (Å²) in [6, 6.07) is 0. The second-order valence-electron chi connectivity index (χ2n) is 5.70. The lowest BCUT2D eigenvalue weighted by molar-refractivity contribution is -0.116. The molecule has 9 heteroatoms. The van der Waals surface area contributed by atoms with E-state index in [0.717, 1.165) is 5.69 Å². The number of hydrogen-bond acceptors (Lipinski definition) is 7. The number of hydrogen-bond donors (Lipinski definition) is 0. The van der Waals surface area contributed by atoms with Gasteiger partial charge in [-0.25, -0.2) is 18.4 Å². The molecular formula is C13H20N4O4S. The molecule has 3 heterocycles. The van der Waals surface area contributed by atoms with Gasteiger partial charge in [-0.3, -0.25) is 0 Å². The fraction of sp³-hybridized carbons (Fsp3) is 0.692. The maximum Gasteiger partial charge on any atom is 0.211 e. The average Bonchev–Trinajstić information content (AvgIpc) is 2.70. The van der Waals surface area contributed by atoms with Gasteiger partial charge in [0.15, 0.2) is 0 Å². The summed E-state index contributed by atoms with van der Waals surface area (Å²) in [5.74, 6) is 0. The SMILES string of the molecule is CS(=O)(=O)N1CCOC2(COCCN(c3cncnc3)C2)C1. The van der Waals surface area contributed by atoms with Gasteiger partial charge in [-0.2, -0.15) is 4.31 Å². The monoisotopic (exact) mass is 328 g/mol. The van der Waals surface area contributed by atoms with Crippen LogP contribution in [0.15, 0.2) is 18.7 Å². The van der Waals surface area contributed by atoms with Crippen LogP contribution in [-0.2, 0) is 19.5 Å². The van der Waals surface area contributed by atoms with E-state index in [1.807, 2.05) is 0 Å².